The SMILES string of the molecule is CC1CCNC(C(=O)NC(C)(C(=O)O)C(F)(F)F)C1. The first-order chi connectivity index (χ1) is 8.58. The predicted molar refractivity (Wildman–Crippen MR) is 60.4 cm³/mol. The minimum absolute atomic E-state index is 0.207. The van der Waals surface area contributed by atoms with Crippen LogP contribution < -0.4 is 10.6 Å². The standard InChI is InChI=1S/C11H17F3N2O3/c1-6-3-4-15-7(5-6)8(17)16-10(2,9(18)19)11(12,13)14/h6-7,15H,3-5H2,1-2H3,(H,16,17)(H,18,19). The summed E-state index contributed by atoms with van der Waals surface area (Å²) < 4.78 is 38.2. The molecule has 3 unspecified atom stereocenters. The van der Waals surface area contributed by atoms with Gasteiger partial charge in [-0.2, -0.15) is 13.2 Å². The molecule has 1 fully saturated rings. The van der Waals surface area contributed by atoms with E-state index in [0.717, 1.165) is 6.42 Å². The van der Waals surface area contributed by atoms with Gasteiger partial charge in [0.15, 0.2) is 0 Å². The molecule has 8 heteroatoms. The van der Waals surface area contributed by atoms with Gasteiger partial charge in [0.2, 0.25) is 11.4 Å². The zero-order chi connectivity index (χ0) is 14.8. The van der Waals surface area contributed by atoms with E-state index in [4.69, 9.17) is 5.11 Å². The van der Waals surface area contributed by atoms with Gasteiger partial charge in [-0.15, -0.1) is 0 Å². The highest BCUT2D eigenvalue weighted by Crippen LogP contribution is 2.30. The van der Waals surface area contributed by atoms with Crippen LogP contribution in [0.1, 0.15) is 26.7 Å². The molecule has 0 bridgehead atoms. The summed E-state index contributed by atoms with van der Waals surface area (Å²) >= 11 is 0. The Kier molecular flexibility index (Phi) is 4.44. The third-order valence-corrected chi connectivity index (χ3v) is 3.35. The minimum atomic E-state index is -5.06. The average Bonchev–Trinajstić information content (AvgIpc) is 2.27. The van der Waals surface area contributed by atoms with Gasteiger partial charge in [0.1, 0.15) is 0 Å². The van der Waals surface area contributed by atoms with Gasteiger partial charge >= 0.3 is 12.1 Å². The van der Waals surface area contributed by atoms with Crippen molar-refractivity contribution in [2.45, 2.75) is 44.4 Å². The fraction of sp³-hybridized carbons (Fsp3) is 0.818. The van der Waals surface area contributed by atoms with Crippen LogP contribution in [0.4, 0.5) is 13.2 Å². The van der Waals surface area contributed by atoms with Crippen LogP contribution in [0.15, 0.2) is 0 Å². The van der Waals surface area contributed by atoms with Crippen molar-refractivity contribution < 1.29 is 27.9 Å². The monoisotopic (exact) mass is 282 g/mol. The Morgan fingerprint density at radius 1 is 1.37 bits per heavy atom. The van der Waals surface area contributed by atoms with E-state index in [1.807, 2.05) is 6.92 Å². The Labute approximate surface area is 108 Å². The largest absolute Gasteiger partial charge is 0.479 e. The van der Waals surface area contributed by atoms with Gasteiger partial charge in [0.05, 0.1) is 6.04 Å². The molecule has 3 atom stereocenters. The first-order valence-corrected chi connectivity index (χ1v) is 5.93. The second-order valence-electron chi connectivity index (χ2n) is 5.05. The van der Waals surface area contributed by atoms with E-state index < -0.39 is 29.6 Å². The molecule has 1 heterocycles. The predicted octanol–water partition coefficient (Wildman–Crippen LogP) is 0.896. The number of hydrogen-bond donors (Lipinski definition) is 3. The van der Waals surface area contributed by atoms with Crippen LogP contribution in [0, 0.1) is 5.92 Å². The van der Waals surface area contributed by atoms with E-state index in [2.05, 4.69) is 5.32 Å². The zero-order valence-electron chi connectivity index (χ0n) is 10.7. The molecule has 0 saturated carbocycles. The van der Waals surface area contributed by atoms with E-state index in [1.165, 1.54) is 0 Å². The Balaban J connectivity index is 2.80. The molecular formula is C11H17F3N2O3. The molecule has 0 radical (unpaired) electrons. The van der Waals surface area contributed by atoms with Gasteiger partial charge < -0.3 is 15.7 Å². The lowest BCUT2D eigenvalue weighted by molar-refractivity contribution is -0.207. The lowest BCUT2D eigenvalue weighted by Crippen LogP contribution is -2.65. The summed E-state index contributed by atoms with van der Waals surface area (Å²) in [4.78, 5) is 22.6. The number of amides is 1. The number of rotatable bonds is 3. The van der Waals surface area contributed by atoms with Crippen molar-refractivity contribution in [3.8, 4) is 0 Å². The molecule has 1 aliphatic heterocycles. The number of hydrogen-bond acceptors (Lipinski definition) is 3. The number of nitrogens with one attached hydrogen (secondary N) is 2. The summed E-state index contributed by atoms with van der Waals surface area (Å²) in [6.45, 7) is 2.86. The maximum Gasteiger partial charge on any atom is 0.422 e. The van der Waals surface area contributed by atoms with E-state index in [1.54, 1.807) is 5.32 Å². The molecule has 5 nitrogen and oxygen atoms in total. The molecule has 1 rings (SSSR count). The molecule has 1 aliphatic rings. The fourth-order valence-electron chi connectivity index (χ4n) is 1.89. The summed E-state index contributed by atoms with van der Waals surface area (Å²) in [6.07, 6.45) is -3.84. The molecule has 0 aromatic rings. The smallest absolute Gasteiger partial charge is 0.422 e. The van der Waals surface area contributed by atoms with E-state index >= 15 is 0 Å². The molecule has 1 amide bonds. The first-order valence-electron chi connectivity index (χ1n) is 5.93. The third-order valence-electron chi connectivity index (χ3n) is 3.35. The van der Waals surface area contributed by atoms with Crippen molar-refractivity contribution in [2.24, 2.45) is 5.92 Å². The first kappa shape index (κ1) is 15.7. The van der Waals surface area contributed by atoms with Gasteiger partial charge in [-0.25, -0.2) is 4.79 Å². The molecular weight excluding hydrogens is 265 g/mol. The van der Waals surface area contributed by atoms with Crippen molar-refractivity contribution in [3.63, 3.8) is 0 Å². The summed E-state index contributed by atoms with van der Waals surface area (Å²) in [5.41, 5.74) is -3.27. The molecule has 0 aromatic heterocycles. The van der Waals surface area contributed by atoms with Crippen LogP contribution in [0.5, 0.6) is 0 Å². The Bertz CT molecular complexity index is 373. The number of alkyl halides is 3. The topological polar surface area (TPSA) is 78.4 Å². The van der Waals surface area contributed by atoms with Crippen LogP contribution in [-0.2, 0) is 9.59 Å². The maximum atomic E-state index is 12.7. The van der Waals surface area contributed by atoms with Gasteiger partial charge in [0, 0.05) is 0 Å². The summed E-state index contributed by atoms with van der Waals surface area (Å²) in [5.74, 6) is -2.86. The molecule has 0 aliphatic carbocycles. The van der Waals surface area contributed by atoms with E-state index in [-0.39, 0.29) is 5.92 Å². The normalized spacial score (nSPS) is 27.4. The van der Waals surface area contributed by atoms with Crippen LogP contribution >= 0.6 is 0 Å². The van der Waals surface area contributed by atoms with E-state index in [9.17, 15) is 22.8 Å². The Morgan fingerprint density at radius 2 is 1.95 bits per heavy atom. The van der Waals surface area contributed by atoms with Crippen LogP contribution in [-0.4, -0.2) is 41.3 Å². The van der Waals surface area contributed by atoms with Crippen molar-refractivity contribution in [2.75, 3.05) is 6.54 Å². The fourth-order valence-corrected chi connectivity index (χ4v) is 1.89. The number of carboxylic acids is 1. The lowest BCUT2D eigenvalue weighted by Gasteiger charge is -2.33. The highest BCUT2D eigenvalue weighted by molar-refractivity contribution is 5.90. The van der Waals surface area contributed by atoms with Gasteiger partial charge in [-0.3, -0.25) is 4.79 Å². The molecule has 0 aromatic carbocycles. The molecule has 0 spiro atoms. The van der Waals surface area contributed by atoms with Crippen LogP contribution in [0.3, 0.4) is 0 Å². The van der Waals surface area contributed by atoms with Gasteiger partial charge in [-0.1, -0.05) is 6.92 Å². The van der Waals surface area contributed by atoms with Crippen molar-refractivity contribution in [3.05, 3.63) is 0 Å². The number of aliphatic carboxylic acids is 1. The van der Waals surface area contributed by atoms with Gasteiger partial charge in [-0.05, 0) is 32.2 Å². The van der Waals surface area contributed by atoms with Gasteiger partial charge in [0.25, 0.3) is 0 Å². The van der Waals surface area contributed by atoms with Crippen molar-refractivity contribution >= 4 is 11.9 Å². The third kappa shape index (κ3) is 3.37. The highest BCUT2D eigenvalue weighted by atomic mass is 19.4. The minimum Gasteiger partial charge on any atom is -0.479 e. The second kappa shape index (κ2) is 5.36. The number of piperidine rings is 1. The maximum absolute atomic E-state index is 12.7. The number of carboxylic acid groups (broad SMARTS) is 1. The molecule has 3 N–H and O–H groups in total. The summed E-state index contributed by atoms with van der Waals surface area (Å²) in [6, 6.07) is -0.787. The Hall–Kier alpha value is -1.31. The number of halogens is 3. The zero-order valence-corrected chi connectivity index (χ0v) is 10.7. The van der Waals surface area contributed by atoms with Crippen LogP contribution in [0.25, 0.3) is 0 Å². The highest BCUT2D eigenvalue weighted by Gasteiger charge is 2.58. The average molecular weight is 282 g/mol. The lowest BCUT2D eigenvalue weighted by atomic mass is 9.92. The van der Waals surface area contributed by atoms with Crippen molar-refractivity contribution in [1.82, 2.24) is 10.6 Å². The Morgan fingerprint density at radius 3 is 2.37 bits per heavy atom. The molecule has 110 valence electrons. The van der Waals surface area contributed by atoms with E-state index in [0.29, 0.717) is 19.9 Å². The van der Waals surface area contributed by atoms with Crippen LogP contribution in [0.2, 0.25) is 0 Å². The number of carbonyl (C=O) groups is 2. The molecule has 19 heavy (non-hydrogen) atoms. The summed E-state index contributed by atoms with van der Waals surface area (Å²) in [5, 5.41) is 13.1. The quantitative estimate of drug-likeness (QED) is 0.718. The second-order valence-corrected chi connectivity index (χ2v) is 5.05. The van der Waals surface area contributed by atoms with Crippen molar-refractivity contribution in [1.29, 1.82) is 0 Å². The summed E-state index contributed by atoms with van der Waals surface area (Å²) in [7, 11) is 0. The molecule has 1 saturated heterocycles. The number of carbonyl (C=O) groups excluding carboxylic acids is 1.